The van der Waals surface area contributed by atoms with Crippen LogP contribution in [-0.4, -0.2) is 27.7 Å². The number of para-hydroxylation sites is 1. The van der Waals surface area contributed by atoms with Crippen LogP contribution in [0, 0.1) is 31.0 Å². The van der Waals surface area contributed by atoms with Gasteiger partial charge in [0.15, 0.2) is 0 Å². The number of thioether (sulfide) groups is 1. The van der Waals surface area contributed by atoms with Gasteiger partial charge in [0.05, 0.1) is 16.6 Å². The van der Waals surface area contributed by atoms with Gasteiger partial charge in [0.1, 0.15) is 28.3 Å². The van der Waals surface area contributed by atoms with Crippen molar-refractivity contribution in [2.24, 2.45) is 0 Å². The monoisotopic (exact) mass is 342 g/mol. The first-order valence-corrected chi connectivity index (χ1v) is 8.37. The standard InChI is InChI=1S/C17H15FN4OS/c1-10-12(9-19)16(21-11(2)20-10)24-15-7-8-22(17(15)23)14-6-4-3-5-13(14)18/h3-6,15H,7-8H2,1-2H3/t15-/m0/s1. The fraction of sp³-hybridized carbons (Fsp3) is 0.294. The van der Waals surface area contributed by atoms with Crippen LogP contribution in [0.5, 0.6) is 0 Å². The Hall–Kier alpha value is -2.46. The minimum Gasteiger partial charge on any atom is -0.309 e. The first-order chi connectivity index (χ1) is 11.5. The van der Waals surface area contributed by atoms with Crippen molar-refractivity contribution in [3.63, 3.8) is 0 Å². The third kappa shape index (κ3) is 2.97. The third-order valence-electron chi connectivity index (χ3n) is 3.83. The van der Waals surface area contributed by atoms with Gasteiger partial charge < -0.3 is 4.90 Å². The lowest BCUT2D eigenvalue weighted by Crippen LogP contribution is -2.28. The molecule has 0 aliphatic carbocycles. The molecular weight excluding hydrogens is 327 g/mol. The summed E-state index contributed by atoms with van der Waals surface area (Å²) in [5.74, 6) is -0.0174. The molecule has 1 aromatic heterocycles. The summed E-state index contributed by atoms with van der Waals surface area (Å²) in [5, 5.41) is 9.43. The highest BCUT2D eigenvalue weighted by atomic mass is 32.2. The first kappa shape index (κ1) is 16.4. The van der Waals surface area contributed by atoms with Gasteiger partial charge in [-0.1, -0.05) is 23.9 Å². The van der Waals surface area contributed by atoms with Gasteiger partial charge in [0.25, 0.3) is 0 Å². The maximum Gasteiger partial charge on any atom is 0.240 e. The Morgan fingerprint density at radius 3 is 2.79 bits per heavy atom. The number of carbonyl (C=O) groups excluding carboxylic acids is 1. The van der Waals surface area contributed by atoms with Crippen LogP contribution >= 0.6 is 11.8 Å². The summed E-state index contributed by atoms with van der Waals surface area (Å²) in [4.78, 5) is 22.6. The lowest BCUT2D eigenvalue weighted by Gasteiger charge is -2.17. The predicted octanol–water partition coefficient (Wildman–Crippen LogP) is 3.00. The predicted molar refractivity (Wildman–Crippen MR) is 89.2 cm³/mol. The van der Waals surface area contributed by atoms with E-state index in [9.17, 15) is 14.4 Å². The van der Waals surface area contributed by atoms with Crippen molar-refractivity contribution in [1.29, 1.82) is 5.26 Å². The van der Waals surface area contributed by atoms with Crippen molar-refractivity contribution in [2.45, 2.75) is 30.5 Å². The molecule has 5 nitrogen and oxygen atoms in total. The first-order valence-electron chi connectivity index (χ1n) is 7.49. The fourth-order valence-electron chi connectivity index (χ4n) is 2.70. The van der Waals surface area contributed by atoms with Gasteiger partial charge in [-0.05, 0) is 32.4 Å². The van der Waals surface area contributed by atoms with Crippen molar-refractivity contribution in [2.75, 3.05) is 11.4 Å². The van der Waals surface area contributed by atoms with Crippen molar-refractivity contribution in [3.8, 4) is 6.07 Å². The van der Waals surface area contributed by atoms with Crippen LogP contribution < -0.4 is 4.90 Å². The molecule has 0 N–H and O–H groups in total. The molecule has 2 heterocycles. The van der Waals surface area contributed by atoms with Crippen molar-refractivity contribution < 1.29 is 9.18 Å². The highest BCUT2D eigenvalue weighted by Gasteiger charge is 2.35. The number of hydrogen-bond donors (Lipinski definition) is 0. The molecule has 0 saturated carbocycles. The van der Waals surface area contributed by atoms with Gasteiger partial charge >= 0.3 is 0 Å². The highest BCUT2D eigenvalue weighted by Crippen LogP contribution is 2.34. The van der Waals surface area contributed by atoms with Crippen LogP contribution in [-0.2, 0) is 4.79 Å². The summed E-state index contributed by atoms with van der Waals surface area (Å²) in [6.07, 6.45) is 0.574. The van der Waals surface area contributed by atoms with E-state index >= 15 is 0 Å². The topological polar surface area (TPSA) is 69.9 Å². The summed E-state index contributed by atoms with van der Waals surface area (Å²) in [5.41, 5.74) is 1.29. The number of nitrogens with zero attached hydrogens (tertiary/aromatic N) is 4. The number of carbonyl (C=O) groups is 1. The molecule has 1 saturated heterocycles. The third-order valence-corrected chi connectivity index (χ3v) is 5.07. The van der Waals surface area contributed by atoms with E-state index in [1.165, 1.54) is 22.7 Å². The molecule has 0 spiro atoms. The van der Waals surface area contributed by atoms with Crippen molar-refractivity contribution in [3.05, 3.63) is 47.2 Å². The Kier molecular flexibility index (Phi) is 4.49. The average molecular weight is 342 g/mol. The maximum absolute atomic E-state index is 13.9. The van der Waals surface area contributed by atoms with Crippen LogP contribution in [0.25, 0.3) is 0 Å². The van der Waals surface area contributed by atoms with Gasteiger partial charge in [-0.3, -0.25) is 4.79 Å². The smallest absolute Gasteiger partial charge is 0.240 e. The lowest BCUT2D eigenvalue weighted by atomic mass is 10.3. The molecule has 2 aromatic rings. The van der Waals surface area contributed by atoms with E-state index < -0.39 is 5.82 Å². The number of anilines is 1. The minimum absolute atomic E-state index is 0.164. The van der Waals surface area contributed by atoms with Gasteiger partial charge in [-0.25, -0.2) is 14.4 Å². The molecule has 1 aromatic carbocycles. The highest BCUT2D eigenvalue weighted by molar-refractivity contribution is 8.00. The number of amides is 1. The van der Waals surface area contributed by atoms with E-state index in [1.807, 2.05) is 0 Å². The Balaban J connectivity index is 1.85. The normalized spacial score (nSPS) is 17.2. The Bertz CT molecular complexity index is 849. The molecule has 1 fully saturated rings. The molecule has 7 heteroatoms. The maximum atomic E-state index is 13.9. The number of nitriles is 1. The molecule has 1 atom stereocenters. The van der Waals surface area contributed by atoms with E-state index in [0.29, 0.717) is 40.8 Å². The molecule has 1 aliphatic rings. The molecule has 3 rings (SSSR count). The van der Waals surface area contributed by atoms with Crippen LogP contribution in [0.1, 0.15) is 23.5 Å². The zero-order chi connectivity index (χ0) is 17.3. The van der Waals surface area contributed by atoms with Crippen LogP contribution in [0.4, 0.5) is 10.1 Å². The molecule has 0 unspecified atom stereocenters. The Labute approximate surface area is 143 Å². The average Bonchev–Trinajstić information content (AvgIpc) is 2.88. The van der Waals surface area contributed by atoms with Gasteiger partial charge in [-0.2, -0.15) is 5.26 Å². The van der Waals surface area contributed by atoms with E-state index in [-0.39, 0.29) is 11.2 Å². The second-order valence-corrected chi connectivity index (χ2v) is 6.68. The van der Waals surface area contributed by atoms with Crippen LogP contribution in [0.2, 0.25) is 0 Å². The van der Waals surface area contributed by atoms with Crippen LogP contribution in [0.15, 0.2) is 29.3 Å². The number of benzene rings is 1. The minimum atomic E-state index is -0.414. The Morgan fingerprint density at radius 2 is 2.08 bits per heavy atom. The van der Waals surface area contributed by atoms with Gasteiger partial charge in [-0.15, -0.1) is 0 Å². The molecule has 1 amide bonds. The van der Waals surface area contributed by atoms with E-state index in [4.69, 9.17) is 0 Å². The summed E-state index contributed by atoms with van der Waals surface area (Å²) < 4.78 is 13.9. The van der Waals surface area contributed by atoms with E-state index in [0.717, 1.165) is 0 Å². The quantitative estimate of drug-likeness (QED) is 0.802. The molecule has 24 heavy (non-hydrogen) atoms. The zero-order valence-corrected chi connectivity index (χ0v) is 14.1. The summed E-state index contributed by atoms with van der Waals surface area (Å²) in [6, 6.07) is 8.34. The summed E-state index contributed by atoms with van der Waals surface area (Å²) in [7, 11) is 0. The Morgan fingerprint density at radius 1 is 1.33 bits per heavy atom. The number of halogens is 1. The molecular formula is C17H15FN4OS. The molecule has 122 valence electrons. The number of aromatic nitrogens is 2. The second kappa shape index (κ2) is 6.57. The van der Waals surface area contributed by atoms with Crippen molar-refractivity contribution >= 4 is 23.4 Å². The molecule has 1 aliphatic heterocycles. The number of aryl methyl sites for hydroxylation is 2. The fourth-order valence-corrected chi connectivity index (χ4v) is 3.92. The van der Waals surface area contributed by atoms with Gasteiger partial charge in [0, 0.05) is 6.54 Å². The lowest BCUT2D eigenvalue weighted by molar-refractivity contribution is -0.116. The number of rotatable bonds is 3. The summed E-state index contributed by atoms with van der Waals surface area (Å²) >= 11 is 1.26. The second-order valence-electron chi connectivity index (χ2n) is 5.48. The van der Waals surface area contributed by atoms with E-state index in [2.05, 4.69) is 16.0 Å². The zero-order valence-electron chi connectivity index (χ0n) is 13.3. The SMILES string of the molecule is Cc1nc(C)c(C#N)c(S[C@H]2CCN(c3ccccc3F)C2=O)n1. The molecule has 0 radical (unpaired) electrons. The largest absolute Gasteiger partial charge is 0.309 e. The summed E-state index contributed by atoms with van der Waals surface area (Å²) in [6.45, 7) is 3.95. The van der Waals surface area contributed by atoms with E-state index in [1.54, 1.807) is 32.0 Å². The van der Waals surface area contributed by atoms with Crippen molar-refractivity contribution in [1.82, 2.24) is 9.97 Å². The number of hydrogen-bond acceptors (Lipinski definition) is 5. The molecule has 0 bridgehead atoms. The van der Waals surface area contributed by atoms with Crippen LogP contribution in [0.3, 0.4) is 0 Å². The van der Waals surface area contributed by atoms with Gasteiger partial charge in [0.2, 0.25) is 5.91 Å².